The molecule has 0 aliphatic rings. The lowest BCUT2D eigenvalue weighted by Gasteiger charge is -2.02. The average molecular weight is 326 g/mol. The Balaban J connectivity index is 0.000000185. The molecule has 0 atom stereocenters. The number of hydrogen-bond donors (Lipinski definition) is 4. The second-order valence-corrected chi connectivity index (χ2v) is 4.90. The summed E-state index contributed by atoms with van der Waals surface area (Å²) < 4.78 is 4.72. The maximum Gasteiger partial charge on any atom is 0.200 e. The molecule has 5 heteroatoms. The molecule has 0 aromatic heterocycles. The van der Waals surface area contributed by atoms with Gasteiger partial charge in [0.05, 0.1) is 7.11 Å². The Morgan fingerprint density at radius 2 is 1.33 bits per heavy atom. The van der Waals surface area contributed by atoms with Crippen LogP contribution in [-0.2, 0) is 0 Å². The number of methoxy groups -OCH3 is 1. The Bertz CT molecular complexity index is 800. The van der Waals surface area contributed by atoms with Gasteiger partial charge in [-0.3, -0.25) is 0 Å². The van der Waals surface area contributed by atoms with Crippen molar-refractivity contribution in [3.63, 3.8) is 0 Å². The summed E-state index contributed by atoms with van der Waals surface area (Å²) in [6, 6.07) is 19.0. The molecule has 3 aromatic rings. The van der Waals surface area contributed by atoms with Crippen molar-refractivity contribution in [1.29, 1.82) is 0 Å². The van der Waals surface area contributed by atoms with Gasteiger partial charge in [0.25, 0.3) is 0 Å². The summed E-state index contributed by atoms with van der Waals surface area (Å²) in [6.07, 6.45) is 0. The number of phenols is 4. The first-order chi connectivity index (χ1) is 11.5. The van der Waals surface area contributed by atoms with Crippen LogP contribution in [0.2, 0.25) is 0 Å². The van der Waals surface area contributed by atoms with Crippen LogP contribution >= 0.6 is 0 Å². The summed E-state index contributed by atoms with van der Waals surface area (Å²) in [5, 5.41) is 36.4. The summed E-state index contributed by atoms with van der Waals surface area (Å²) in [5.74, 6) is -0.291. The van der Waals surface area contributed by atoms with E-state index >= 15 is 0 Å². The minimum atomic E-state index is -0.218. The van der Waals surface area contributed by atoms with Crippen LogP contribution in [0.25, 0.3) is 11.1 Å². The van der Waals surface area contributed by atoms with Gasteiger partial charge in [-0.15, -0.1) is 0 Å². The van der Waals surface area contributed by atoms with Gasteiger partial charge < -0.3 is 25.2 Å². The van der Waals surface area contributed by atoms with E-state index in [-0.39, 0.29) is 28.7 Å². The molecule has 0 unspecified atom stereocenters. The van der Waals surface area contributed by atoms with Crippen molar-refractivity contribution in [1.82, 2.24) is 0 Å². The van der Waals surface area contributed by atoms with Gasteiger partial charge in [-0.05, 0) is 35.4 Å². The maximum absolute atomic E-state index is 9.31. The van der Waals surface area contributed by atoms with Crippen molar-refractivity contribution in [2.45, 2.75) is 0 Å². The fourth-order valence-corrected chi connectivity index (χ4v) is 2.01. The molecule has 0 aliphatic heterocycles. The van der Waals surface area contributed by atoms with Crippen LogP contribution in [0.3, 0.4) is 0 Å². The van der Waals surface area contributed by atoms with E-state index in [9.17, 15) is 5.11 Å². The number of hydrogen-bond acceptors (Lipinski definition) is 5. The summed E-state index contributed by atoms with van der Waals surface area (Å²) >= 11 is 0. The van der Waals surface area contributed by atoms with Crippen molar-refractivity contribution >= 4 is 0 Å². The van der Waals surface area contributed by atoms with Crippen molar-refractivity contribution in [3.05, 3.63) is 66.7 Å². The highest BCUT2D eigenvalue weighted by Gasteiger charge is 2.03. The molecule has 0 radical (unpaired) electrons. The molecular weight excluding hydrogens is 308 g/mol. The fourth-order valence-electron chi connectivity index (χ4n) is 2.01. The number of phenolic OH excluding ortho intramolecular Hbond substituents is 4. The Morgan fingerprint density at radius 1 is 0.625 bits per heavy atom. The minimum Gasteiger partial charge on any atom is -0.504 e. The van der Waals surface area contributed by atoms with Gasteiger partial charge in [-0.2, -0.15) is 0 Å². The fraction of sp³-hybridized carbons (Fsp3) is 0.0526. The van der Waals surface area contributed by atoms with Crippen LogP contribution in [-0.4, -0.2) is 27.5 Å². The zero-order valence-corrected chi connectivity index (χ0v) is 13.0. The normalized spacial score (nSPS) is 9.71. The Morgan fingerprint density at radius 3 is 1.92 bits per heavy atom. The summed E-state index contributed by atoms with van der Waals surface area (Å²) in [7, 11) is 1.43. The molecule has 0 heterocycles. The van der Waals surface area contributed by atoms with Gasteiger partial charge in [-0.1, -0.05) is 42.5 Å². The second-order valence-electron chi connectivity index (χ2n) is 4.90. The highest BCUT2D eigenvalue weighted by molar-refractivity contribution is 5.66. The van der Waals surface area contributed by atoms with Crippen LogP contribution in [0, 0.1) is 0 Å². The first-order valence-electron chi connectivity index (χ1n) is 7.15. The summed E-state index contributed by atoms with van der Waals surface area (Å²) in [6.45, 7) is 0. The molecule has 0 bridgehead atoms. The first kappa shape index (κ1) is 17.0. The van der Waals surface area contributed by atoms with E-state index in [2.05, 4.69) is 0 Å². The summed E-state index contributed by atoms with van der Waals surface area (Å²) in [4.78, 5) is 0. The Labute approximate surface area is 139 Å². The number of ether oxygens (including phenoxy) is 1. The molecule has 0 saturated carbocycles. The number of rotatable bonds is 2. The highest BCUT2D eigenvalue weighted by Crippen LogP contribution is 2.33. The van der Waals surface area contributed by atoms with Crippen LogP contribution in [0.15, 0.2) is 66.7 Å². The zero-order chi connectivity index (χ0) is 17.5. The molecule has 0 spiro atoms. The zero-order valence-electron chi connectivity index (χ0n) is 13.0. The Hall–Kier alpha value is -3.34. The van der Waals surface area contributed by atoms with E-state index in [1.54, 1.807) is 24.3 Å². The van der Waals surface area contributed by atoms with Gasteiger partial charge in [-0.25, -0.2) is 0 Å². The highest BCUT2D eigenvalue weighted by atomic mass is 16.5. The molecule has 0 aliphatic carbocycles. The third kappa shape index (κ3) is 4.10. The second kappa shape index (κ2) is 7.78. The van der Waals surface area contributed by atoms with Crippen molar-refractivity contribution in [3.8, 4) is 39.9 Å². The molecule has 0 saturated heterocycles. The standard InChI is InChI=1S/C12H10O2.C7H8O3/c13-11-7-6-10(8-12(11)14)9-4-2-1-3-5-9;1-10-6-4-2-3-5(8)7(6)9/h1-8,13-14H;2-4,8-9H,1H3. The van der Waals surface area contributed by atoms with Gasteiger partial charge in [0.15, 0.2) is 28.7 Å². The first-order valence-corrected chi connectivity index (χ1v) is 7.15. The molecule has 4 N–H and O–H groups in total. The van der Waals surface area contributed by atoms with E-state index in [1.165, 1.54) is 19.2 Å². The van der Waals surface area contributed by atoms with Crippen molar-refractivity contribution < 1.29 is 25.2 Å². The molecule has 3 aromatic carbocycles. The third-order valence-corrected chi connectivity index (χ3v) is 3.28. The topological polar surface area (TPSA) is 90.2 Å². The van der Waals surface area contributed by atoms with Crippen LogP contribution in [0.4, 0.5) is 0 Å². The van der Waals surface area contributed by atoms with Crippen molar-refractivity contribution in [2.24, 2.45) is 0 Å². The molecule has 0 fully saturated rings. The lowest BCUT2D eigenvalue weighted by Crippen LogP contribution is -1.82. The SMILES string of the molecule is COc1cccc(O)c1O.Oc1ccc(-c2ccccc2)cc1O. The molecular formula is C19H18O5. The van der Waals surface area contributed by atoms with E-state index in [4.69, 9.17) is 20.1 Å². The number of para-hydroxylation sites is 1. The monoisotopic (exact) mass is 326 g/mol. The molecule has 5 nitrogen and oxygen atoms in total. The maximum atomic E-state index is 9.31. The quantitative estimate of drug-likeness (QED) is 0.537. The predicted molar refractivity (Wildman–Crippen MR) is 91.5 cm³/mol. The van der Waals surface area contributed by atoms with Gasteiger partial charge in [0, 0.05) is 0 Å². The van der Waals surface area contributed by atoms with Crippen LogP contribution < -0.4 is 4.74 Å². The van der Waals surface area contributed by atoms with Crippen LogP contribution in [0.5, 0.6) is 28.7 Å². The average Bonchev–Trinajstić information content (AvgIpc) is 2.61. The lowest BCUT2D eigenvalue weighted by atomic mass is 10.1. The molecule has 24 heavy (non-hydrogen) atoms. The number of benzene rings is 3. The minimum absolute atomic E-state index is 0.0913. The lowest BCUT2D eigenvalue weighted by molar-refractivity contribution is 0.351. The van der Waals surface area contributed by atoms with Gasteiger partial charge >= 0.3 is 0 Å². The predicted octanol–water partition coefficient (Wildman–Crippen LogP) is 3.87. The Kier molecular flexibility index (Phi) is 5.52. The smallest absolute Gasteiger partial charge is 0.200 e. The van der Waals surface area contributed by atoms with Gasteiger partial charge in [0.1, 0.15) is 0 Å². The van der Waals surface area contributed by atoms with E-state index < -0.39 is 0 Å². The van der Waals surface area contributed by atoms with Gasteiger partial charge in [0.2, 0.25) is 0 Å². The third-order valence-electron chi connectivity index (χ3n) is 3.28. The number of aromatic hydroxyl groups is 4. The van der Waals surface area contributed by atoms with Crippen LogP contribution in [0.1, 0.15) is 0 Å². The largest absolute Gasteiger partial charge is 0.504 e. The summed E-state index contributed by atoms with van der Waals surface area (Å²) in [5.41, 5.74) is 1.91. The molecule has 0 amide bonds. The molecule has 124 valence electrons. The van der Waals surface area contributed by atoms with E-state index in [0.29, 0.717) is 0 Å². The van der Waals surface area contributed by atoms with E-state index in [1.807, 2.05) is 30.3 Å². The van der Waals surface area contributed by atoms with Crippen molar-refractivity contribution in [2.75, 3.05) is 7.11 Å². The molecule has 3 rings (SSSR count). The van der Waals surface area contributed by atoms with E-state index in [0.717, 1.165) is 11.1 Å².